The summed E-state index contributed by atoms with van der Waals surface area (Å²) in [6, 6.07) is 0. The second-order valence-corrected chi connectivity index (χ2v) is 5.79. The number of aliphatic hydroxyl groups excluding tert-OH is 1. The number of aryl methyl sites for hydroxylation is 2. The Morgan fingerprint density at radius 1 is 1.45 bits per heavy atom. The van der Waals surface area contributed by atoms with Crippen LogP contribution in [0.4, 0.5) is 13.2 Å². The van der Waals surface area contributed by atoms with E-state index in [2.05, 4.69) is 5.10 Å². The van der Waals surface area contributed by atoms with Crippen molar-refractivity contribution in [1.29, 1.82) is 0 Å². The maximum Gasteiger partial charge on any atom is 0.391 e. The maximum absolute atomic E-state index is 12.7. The van der Waals surface area contributed by atoms with E-state index in [-0.39, 0.29) is 18.8 Å². The third kappa shape index (κ3) is 3.98. The molecule has 1 N–H and O–H groups in total. The maximum atomic E-state index is 12.7. The molecular weight excluding hydrogens is 269 g/mol. The van der Waals surface area contributed by atoms with Gasteiger partial charge in [-0.1, -0.05) is 6.42 Å². The summed E-state index contributed by atoms with van der Waals surface area (Å²) >= 11 is 0. The van der Waals surface area contributed by atoms with Crippen molar-refractivity contribution in [3.63, 3.8) is 0 Å². The molecule has 1 aliphatic rings. The van der Waals surface area contributed by atoms with Crippen molar-refractivity contribution in [2.75, 3.05) is 0 Å². The van der Waals surface area contributed by atoms with Crippen molar-refractivity contribution in [2.45, 2.75) is 50.8 Å². The van der Waals surface area contributed by atoms with Crippen LogP contribution in [0.3, 0.4) is 0 Å². The summed E-state index contributed by atoms with van der Waals surface area (Å²) in [5, 5.41) is 14.2. The third-order valence-corrected chi connectivity index (χ3v) is 4.21. The summed E-state index contributed by atoms with van der Waals surface area (Å²) in [5.74, 6) is -1.47. The average molecular weight is 290 g/mol. The van der Waals surface area contributed by atoms with E-state index in [0.717, 1.165) is 5.56 Å². The van der Waals surface area contributed by atoms with Crippen LogP contribution < -0.4 is 0 Å². The average Bonchev–Trinajstić information content (AvgIpc) is 2.81. The van der Waals surface area contributed by atoms with Gasteiger partial charge in [0.25, 0.3) is 0 Å². The molecule has 1 aromatic heterocycles. The van der Waals surface area contributed by atoms with E-state index in [1.54, 1.807) is 10.9 Å². The first kappa shape index (κ1) is 15.4. The number of halogens is 3. The number of hydrogen-bond donors (Lipinski definition) is 1. The lowest BCUT2D eigenvalue weighted by Gasteiger charge is -2.33. The largest absolute Gasteiger partial charge is 0.393 e. The Morgan fingerprint density at radius 3 is 2.80 bits per heavy atom. The van der Waals surface area contributed by atoms with E-state index >= 15 is 0 Å². The molecule has 1 fully saturated rings. The van der Waals surface area contributed by atoms with Crippen LogP contribution >= 0.6 is 0 Å². The van der Waals surface area contributed by atoms with Gasteiger partial charge < -0.3 is 5.11 Å². The van der Waals surface area contributed by atoms with Gasteiger partial charge in [-0.15, -0.1) is 0 Å². The van der Waals surface area contributed by atoms with Gasteiger partial charge in [0.2, 0.25) is 0 Å². The fourth-order valence-corrected chi connectivity index (χ4v) is 3.03. The van der Waals surface area contributed by atoms with E-state index in [1.807, 2.05) is 13.2 Å². The van der Waals surface area contributed by atoms with E-state index in [1.165, 1.54) is 0 Å². The van der Waals surface area contributed by atoms with Crippen LogP contribution in [0.1, 0.15) is 37.7 Å². The van der Waals surface area contributed by atoms with Crippen LogP contribution in [0.5, 0.6) is 0 Å². The molecule has 0 aliphatic heterocycles. The van der Waals surface area contributed by atoms with E-state index in [9.17, 15) is 18.3 Å². The Hall–Kier alpha value is -1.04. The van der Waals surface area contributed by atoms with Gasteiger partial charge in [0.15, 0.2) is 0 Å². The van der Waals surface area contributed by atoms with Crippen LogP contribution in [0.15, 0.2) is 12.4 Å². The van der Waals surface area contributed by atoms with Crippen LogP contribution in [0, 0.1) is 11.8 Å². The highest BCUT2D eigenvalue weighted by atomic mass is 19.4. The molecule has 1 heterocycles. The second kappa shape index (κ2) is 6.16. The smallest absolute Gasteiger partial charge is 0.391 e. The Morgan fingerprint density at radius 2 is 2.20 bits per heavy atom. The van der Waals surface area contributed by atoms with Crippen molar-refractivity contribution < 1.29 is 18.3 Å². The molecule has 1 aromatic rings. The Kier molecular flexibility index (Phi) is 4.73. The SMILES string of the molecule is Cn1cc(CCC(O)C2CCCC(C(F)(F)F)C2)cn1. The predicted octanol–water partition coefficient (Wildman–Crippen LogP) is 3.08. The first-order chi connectivity index (χ1) is 9.36. The minimum atomic E-state index is -4.12. The highest BCUT2D eigenvalue weighted by Crippen LogP contribution is 2.41. The van der Waals surface area contributed by atoms with Gasteiger partial charge in [-0.05, 0) is 43.6 Å². The van der Waals surface area contributed by atoms with Gasteiger partial charge in [0.05, 0.1) is 18.2 Å². The number of aliphatic hydroxyl groups is 1. The molecule has 0 aromatic carbocycles. The number of hydrogen-bond acceptors (Lipinski definition) is 2. The van der Waals surface area contributed by atoms with Gasteiger partial charge in [-0.2, -0.15) is 18.3 Å². The van der Waals surface area contributed by atoms with Crippen molar-refractivity contribution in [1.82, 2.24) is 9.78 Å². The molecule has 20 heavy (non-hydrogen) atoms. The molecule has 0 radical (unpaired) electrons. The van der Waals surface area contributed by atoms with Crippen molar-refractivity contribution in [3.8, 4) is 0 Å². The fourth-order valence-electron chi connectivity index (χ4n) is 3.03. The summed E-state index contributed by atoms with van der Waals surface area (Å²) < 4.78 is 39.9. The Labute approximate surface area is 116 Å². The number of nitrogens with zero attached hydrogens (tertiary/aromatic N) is 2. The fraction of sp³-hybridized carbons (Fsp3) is 0.786. The molecule has 3 unspecified atom stereocenters. The van der Waals surface area contributed by atoms with Crippen LogP contribution in [-0.2, 0) is 13.5 Å². The third-order valence-electron chi connectivity index (χ3n) is 4.21. The zero-order valence-electron chi connectivity index (χ0n) is 11.6. The first-order valence-electron chi connectivity index (χ1n) is 7.08. The Balaban J connectivity index is 1.84. The lowest BCUT2D eigenvalue weighted by Crippen LogP contribution is -2.33. The molecule has 2 rings (SSSR count). The summed E-state index contributed by atoms with van der Waals surface area (Å²) in [5.41, 5.74) is 1.01. The minimum Gasteiger partial charge on any atom is -0.393 e. The summed E-state index contributed by atoms with van der Waals surface area (Å²) in [6.45, 7) is 0. The van der Waals surface area contributed by atoms with Crippen LogP contribution in [0.2, 0.25) is 0 Å². The zero-order chi connectivity index (χ0) is 14.8. The molecule has 6 heteroatoms. The molecule has 3 atom stereocenters. The number of alkyl halides is 3. The topological polar surface area (TPSA) is 38.0 Å². The molecule has 1 aliphatic carbocycles. The van der Waals surface area contributed by atoms with Crippen molar-refractivity contribution in [3.05, 3.63) is 18.0 Å². The van der Waals surface area contributed by atoms with Crippen molar-refractivity contribution >= 4 is 0 Å². The highest BCUT2D eigenvalue weighted by molar-refractivity contribution is 5.03. The van der Waals surface area contributed by atoms with Gasteiger partial charge in [-0.3, -0.25) is 4.68 Å². The van der Waals surface area contributed by atoms with E-state index in [4.69, 9.17) is 0 Å². The summed E-state index contributed by atoms with van der Waals surface area (Å²) in [6.07, 6.45) is 1.50. The molecule has 114 valence electrons. The van der Waals surface area contributed by atoms with Gasteiger partial charge in [0, 0.05) is 13.2 Å². The quantitative estimate of drug-likeness (QED) is 0.925. The monoisotopic (exact) mass is 290 g/mol. The molecular formula is C14H21F3N2O. The zero-order valence-corrected chi connectivity index (χ0v) is 11.6. The van der Waals surface area contributed by atoms with Gasteiger partial charge in [0.1, 0.15) is 0 Å². The first-order valence-corrected chi connectivity index (χ1v) is 7.08. The number of rotatable bonds is 4. The van der Waals surface area contributed by atoms with Crippen molar-refractivity contribution in [2.24, 2.45) is 18.9 Å². The second-order valence-electron chi connectivity index (χ2n) is 5.79. The minimum absolute atomic E-state index is 0.0672. The Bertz CT molecular complexity index is 430. The standard InChI is InChI=1S/C14H21F3N2O/c1-19-9-10(8-18-19)5-6-13(20)11-3-2-4-12(7-11)14(15,16)17/h8-9,11-13,20H,2-7H2,1H3. The molecule has 1 saturated carbocycles. The van der Waals surface area contributed by atoms with E-state index in [0.29, 0.717) is 25.7 Å². The van der Waals surface area contributed by atoms with E-state index < -0.39 is 18.2 Å². The molecule has 0 spiro atoms. The highest BCUT2D eigenvalue weighted by Gasteiger charge is 2.43. The lowest BCUT2D eigenvalue weighted by molar-refractivity contribution is -0.188. The molecule has 0 bridgehead atoms. The lowest BCUT2D eigenvalue weighted by atomic mass is 9.77. The van der Waals surface area contributed by atoms with Crippen LogP contribution in [-0.4, -0.2) is 27.2 Å². The van der Waals surface area contributed by atoms with Gasteiger partial charge >= 0.3 is 6.18 Å². The molecule has 0 amide bonds. The summed E-state index contributed by atoms with van der Waals surface area (Å²) in [4.78, 5) is 0. The van der Waals surface area contributed by atoms with Crippen LogP contribution in [0.25, 0.3) is 0 Å². The molecule has 0 saturated heterocycles. The van der Waals surface area contributed by atoms with Gasteiger partial charge in [-0.25, -0.2) is 0 Å². The summed E-state index contributed by atoms with van der Waals surface area (Å²) in [7, 11) is 1.81. The molecule has 3 nitrogen and oxygen atoms in total. The number of aromatic nitrogens is 2. The normalized spacial score (nSPS) is 25.6. The predicted molar refractivity (Wildman–Crippen MR) is 69.0 cm³/mol.